The number of carboxylic acid groups (broad SMARTS) is 1. The first-order valence-electron chi connectivity index (χ1n) is 6.51. The minimum absolute atomic E-state index is 0.0834. The summed E-state index contributed by atoms with van der Waals surface area (Å²) in [5.41, 5.74) is 1.07. The lowest BCUT2D eigenvalue weighted by molar-refractivity contribution is -0.143. The van der Waals surface area contributed by atoms with Crippen molar-refractivity contribution < 1.29 is 14.6 Å². The third kappa shape index (κ3) is 3.52. The Morgan fingerprint density at radius 1 is 1.55 bits per heavy atom. The van der Waals surface area contributed by atoms with Crippen LogP contribution < -0.4 is 0 Å². The van der Waals surface area contributed by atoms with Crippen LogP contribution in [-0.2, 0) is 16.1 Å². The number of hydrogen-bond donors (Lipinski definition) is 1. The number of ether oxygens (including phenoxy) is 1. The largest absolute Gasteiger partial charge is 0.481 e. The summed E-state index contributed by atoms with van der Waals surface area (Å²) in [6.45, 7) is 4.22. The summed E-state index contributed by atoms with van der Waals surface area (Å²) in [5.74, 6) is -1.25. The highest BCUT2D eigenvalue weighted by atomic mass is 79.9. The first-order valence-corrected chi connectivity index (χ1v) is 7.68. The van der Waals surface area contributed by atoms with Gasteiger partial charge in [0.1, 0.15) is 0 Å². The average molecular weight is 363 g/mol. The van der Waals surface area contributed by atoms with Gasteiger partial charge < -0.3 is 9.84 Å². The second kappa shape index (κ2) is 6.89. The molecule has 1 aromatic rings. The fourth-order valence-corrected chi connectivity index (χ4v) is 2.92. The molecule has 0 radical (unpaired) electrons. The van der Waals surface area contributed by atoms with E-state index >= 15 is 0 Å². The first-order chi connectivity index (χ1) is 9.52. The number of hydrogen-bond acceptors (Lipinski definition) is 3. The van der Waals surface area contributed by atoms with Gasteiger partial charge >= 0.3 is 5.97 Å². The average Bonchev–Trinajstić information content (AvgIpc) is 2.89. The molecule has 2 unspecified atom stereocenters. The van der Waals surface area contributed by atoms with Crippen LogP contribution in [0.1, 0.15) is 12.5 Å². The summed E-state index contributed by atoms with van der Waals surface area (Å²) in [7, 11) is 0. The summed E-state index contributed by atoms with van der Waals surface area (Å²) >= 11 is 9.46. The molecule has 0 saturated carbocycles. The van der Waals surface area contributed by atoms with Gasteiger partial charge in [0.05, 0.1) is 24.2 Å². The lowest BCUT2D eigenvalue weighted by Gasteiger charge is -2.29. The van der Waals surface area contributed by atoms with E-state index in [1.165, 1.54) is 0 Å². The fraction of sp³-hybridized carbons (Fsp3) is 0.500. The number of carbonyl (C=O) groups is 1. The van der Waals surface area contributed by atoms with Crippen LogP contribution >= 0.6 is 27.5 Å². The van der Waals surface area contributed by atoms with Crippen LogP contribution in [0, 0.1) is 5.92 Å². The molecule has 0 spiro atoms. The molecule has 0 aliphatic carbocycles. The lowest BCUT2D eigenvalue weighted by Crippen LogP contribution is -2.42. The van der Waals surface area contributed by atoms with Crippen LogP contribution in [0.25, 0.3) is 0 Å². The van der Waals surface area contributed by atoms with E-state index in [4.69, 9.17) is 16.3 Å². The number of rotatable bonds is 5. The molecular weight excluding hydrogens is 346 g/mol. The predicted octanol–water partition coefficient (Wildman–Crippen LogP) is 3.02. The van der Waals surface area contributed by atoms with Crippen LogP contribution in [0.15, 0.2) is 22.7 Å². The highest BCUT2D eigenvalue weighted by Gasteiger charge is 2.37. The summed E-state index contributed by atoms with van der Waals surface area (Å²) in [6, 6.07) is 5.72. The normalized spacial score (nSPS) is 22.4. The molecule has 6 heteroatoms. The molecule has 110 valence electrons. The van der Waals surface area contributed by atoms with Gasteiger partial charge in [0.15, 0.2) is 0 Å². The molecule has 1 N–H and O–H groups in total. The third-order valence-electron chi connectivity index (χ3n) is 3.61. The van der Waals surface area contributed by atoms with Crippen molar-refractivity contribution in [3.05, 3.63) is 33.3 Å². The van der Waals surface area contributed by atoms with E-state index in [-0.39, 0.29) is 12.6 Å². The van der Waals surface area contributed by atoms with Crippen molar-refractivity contribution in [1.29, 1.82) is 0 Å². The van der Waals surface area contributed by atoms with Crippen molar-refractivity contribution >= 4 is 33.5 Å². The van der Waals surface area contributed by atoms with Crippen molar-refractivity contribution in [2.24, 2.45) is 5.92 Å². The highest BCUT2D eigenvalue weighted by molar-refractivity contribution is 9.10. The zero-order valence-electron chi connectivity index (χ0n) is 11.2. The lowest BCUT2D eigenvalue weighted by atomic mass is 10.0. The molecule has 1 heterocycles. The molecule has 1 aliphatic rings. The SMILES string of the molecule is CCN(Cc1ccc(Br)c(Cl)c1)C1COCC1C(=O)O. The standard InChI is InChI=1S/C14H17BrClNO3/c1-2-17(13-8-20-7-10(13)14(18)19)6-9-3-4-11(15)12(16)5-9/h3-5,10,13H,2,6-8H2,1H3,(H,18,19). The Morgan fingerprint density at radius 3 is 2.90 bits per heavy atom. The second-order valence-electron chi connectivity index (χ2n) is 4.86. The number of halogens is 2. The van der Waals surface area contributed by atoms with E-state index in [1.54, 1.807) is 0 Å². The van der Waals surface area contributed by atoms with Crippen molar-refractivity contribution in [3.8, 4) is 0 Å². The van der Waals surface area contributed by atoms with Gasteiger partial charge in [-0.05, 0) is 40.2 Å². The quantitative estimate of drug-likeness (QED) is 0.875. The molecule has 2 atom stereocenters. The summed E-state index contributed by atoms with van der Waals surface area (Å²) < 4.78 is 6.20. The highest BCUT2D eigenvalue weighted by Crippen LogP contribution is 2.26. The van der Waals surface area contributed by atoms with Gasteiger partial charge in [-0.3, -0.25) is 9.69 Å². The van der Waals surface area contributed by atoms with E-state index in [0.717, 1.165) is 16.6 Å². The Labute approximate surface area is 131 Å². The van der Waals surface area contributed by atoms with Crippen LogP contribution in [-0.4, -0.2) is 41.8 Å². The van der Waals surface area contributed by atoms with Crippen LogP contribution in [0.3, 0.4) is 0 Å². The Kier molecular flexibility index (Phi) is 5.43. The van der Waals surface area contributed by atoms with Crippen molar-refractivity contribution in [2.45, 2.75) is 19.5 Å². The van der Waals surface area contributed by atoms with E-state index in [0.29, 0.717) is 18.2 Å². The fourth-order valence-electron chi connectivity index (χ4n) is 2.47. The Bertz CT molecular complexity index is 497. The molecule has 1 aromatic carbocycles. The number of nitrogens with zero attached hydrogens (tertiary/aromatic N) is 1. The summed E-state index contributed by atoms with van der Waals surface area (Å²) in [6.07, 6.45) is 0. The molecule has 1 aliphatic heterocycles. The second-order valence-corrected chi connectivity index (χ2v) is 6.12. The molecule has 1 saturated heterocycles. The van der Waals surface area contributed by atoms with Gasteiger partial charge in [-0.1, -0.05) is 24.6 Å². The van der Waals surface area contributed by atoms with Gasteiger partial charge in [0.25, 0.3) is 0 Å². The predicted molar refractivity (Wildman–Crippen MR) is 81.0 cm³/mol. The van der Waals surface area contributed by atoms with E-state index in [9.17, 15) is 9.90 Å². The number of likely N-dealkylation sites (N-methyl/N-ethyl adjacent to an activating group) is 1. The molecule has 1 fully saturated rings. The van der Waals surface area contributed by atoms with Crippen molar-refractivity contribution in [1.82, 2.24) is 4.90 Å². The zero-order chi connectivity index (χ0) is 14.7. The third-order valence-corrected chi connectivity index (χ3v) is 4.85. The van der Waals surface area contributed by atoms with E-state index in [1.807, 2.05) is 25.1 Å². The Balaban J connectivity index is 2.12. The molecule has 0 bridgehead atoms. The van der Waals surface area contributed by atoms with E-state index in [2.05, 4.69) is 20.8 Å². The van der Waals surface area contributed by atoms with Gasteiger partial charge in [-0.15, -0.1) is 0 Å². The van der Waals surface area contributed by atoms with Gasteiger partial charge in [-0.25, -0.2) is 0 Å². The molecule has 0 aromatic heterocycles. The maximum atomic E-state index is 11.2. The zero-order valence-corrected chi connectivity index (χ0v) is 13.5. The van der Waals surface area contributed by atoms with Crippen LogP contribution in [0.2, 0.25) is 5.02 Å². The van der Waals surface area contributed by atoms with Gasteiger partial charge in [-0.2, -0.15) is 0 Å². The van der Waals surface area contributed by atoms with Crippen LogP contribution in [0.4, 0.5) is 0 Å². The number of benzene rings is 1. The molecule has 2 rings (SSSR count). The van der Waals surface area contributed by atoms with Crippen molar-refractivity contribution in [3.63, 3.8) is 0 Å². The van der Waals surface area contributed by atoms with Gasteiger partial charge in [0.2, 0.25) is 0 Å². The molecule has 4 nitrogen and oxygen atoms in total. The molecular formula is C14H17BrClNO3. The smallest absolute Gasteiger partial charge is 0.310 e. The topological polar surface area (TPSA) is 49.8 Å². The maximum Gasteiger partial charge on any atom is 0.310 e. The minimum atomic E-state index is -0.792. The molecule has 0 amide bonds. The monoisotopic (exact) mass is 361 g/mol. The first kappa shape index (κ1) is 15.8. The number of aliphatic carboxylic acids is 1. The number of carboxylic acids is 1. The van der Waals surface area contributed by atoms with Crippen LogP contribution in [0.5, 0.6) is 0 Å². The Hall–Kier alpha value is -0.620. The minimum Gasteiger partial charge on any atom is -0.481 e. The summed E-state index contributed by atoms with van der Waals surface area (Å²) in [4.78, 5) is 13.4. The van der Waals surface area contributed by atoms with Gasteiger partial charge in [0, 0.05) is 17.1 Å². The maximum absolute atomic E-state index is 11.2. The molecule has 20 heavy (non-hydrogen) atoms. The van der Waals surface area contributed by atoms with Crippen molar-refractivity contribution in [2.75, 3.05) is 19.8 Å². The summed E-state index contributed by atoms with van der Waals surface area (Å²) in [5, 5.41) is 9.90. The Morgan fingerprint density at radius 2 is 2.30 bits per heavy atom. The van der Waals surface area contributed by atoms with E-state index < -0.39 is 11.9 Å².